The predicted molar refractivity (Wildman–Crippen MR) is 82.5 cm³/mol. The van der Waals surface area contributed by atoms with E-state index in [4.69, 9.17) is 0 Å². The molecule has 2 aromatic rings. The first-order chi connectivity index (χ1) is 9.75. The molecule has 1 amide bonds. The fourth-order valence-corrected chi connectivity index (χ4v) is 1.70. The minimum absolute atomic E-state index is 0.214. The van der Waals surface area contributed by atoms with Crippen LogP contribution >= 0.6 is 0 Å². The lowest BCUT2D eigenvalue weighted by atomic mass is 10.1. The van der Waals surface area contributed by atoms with Crippen LogP contribution < -0.4 is 5.43 Å². The van der Waals surface area contributed by atoms with Crippen molar-refractivity contribution < 1.29 is 4.79 Å². The zero-order valence-corrected chi connectivity index (χ0v) is 11.3. The zero-order valence-electron chi connectivity index (χ0n) is 11.3. The standard InChI is InChI=1S/C17H16N2O/c1-14(12-15-8-4-2-5-9-15)13-18-19-17(20)16-10-6-3-7-11-16/h2-13H,1H3,(H,19,20)/b14-12-,18-13-. The van der Waals surface area contributed by atoms with Crippen LogP contribution in [0.5, 0.6) is 0 Å². The van der Waals surface area contributed by atoms with Gasteiger partial charge in [-0.2, -0.15) is 5.10 Å². The van der Waals surface area contributed by atoms with Gasteiger partial charge < -0.3 is 0 Å². The van der Waals surface area contributed by atoms with Gasteiger partial charge in [-0.1, -0.05) is 54.6 Å². The summed E-state index contributed by atoms with van der Waals surface area (Å²) in [5.74, 6) is -0.214. The van der Waals surface area contributed by atoms with Crippen molar-refractivity contribution in [3.05, 3.63) is 77.4 Å². The second kappa shape index (κ2) is 7.04. The second-order valence-corrected chi connectivity index (χ2v) is 4.36. The van der Waals surface area contributed by atoms with Crippen LogP contribution in [-0.4, -0.2) is 12.1 Å². The molecule has 20 heavy (non-hydrogen) atoms. The Labute approximate surface area is 118 Å². The predicted octanol–water partition coefficient (Wildman–Crippen LogP) is 3.51. The van der Waals surface area contributed by atoms with Gasteiger partial charge in [-0.15, -0.1) is 0 Å². The molecule has 0 fully saturated rings. The van der Waals surface area contributed by atoms with Crippen LogP contribution in [0, 0.1) is 0 Å². The van der Waals surface area contributed by atoms with Crippen LogP contribution in [0.2, 0.25) is 0 Å². The van der Waals surface area contributed by atoms with E-state index in [9.17, 15) is 4.79 Å². The van der Waals surface area contributed by atoms with Crippen molar-refractivity contribution in [2.24, 2.45) is 5.10 Å². The molecule has 1 N–H and O–H groups in total. The van der Waals surface area contributed by atoms with Gasteiger partial charge in [0.25, 0.3) is 5.91 Å². The Bertz CT molecular complexity index is 616. The summed E-state index contributed by atoms with van der Waals surface area (Å²) in [5.41, 5.74) is 5.16. The third-order valence-electron chi connectivity index (χ3n) is 2.66. The highest BCUT2D eigenvalue weighted by molar-refractivity contribution is 5.95. The molecule has 2 aromatic carbocycles. The highest BCUT2D eigenvalue weighted by Crippen LogP contribution is 2.04. The number of nitrogens with one attached hydrogen (secondary N) is 1. The third-order valence-corrected chi connectivity index (χ3v) is 2.66. The van der Waals surface area contributed by atoms with Crippen LogP contribution in [0.4, 0.5) is 0 Å². The number of carbonyl (C=O) groups is 1. The second-order valence-electron chi connectivity index (χ2n) is 4.36. The fourth-order valence-electron chi connectivity index (χ4n) is 1.70. The number of hydrogen-bond acceptors (Lipinski definition) is 2. The average Bonchev–Trinajstić information content (AvgIpc) is 2.49. The quantitative estimate of drug-likeness (QED) is 0.666. The summed E-state index contributed by atoms with van der Waals surface area (Å²) in [6.07, 6.45) is 3.63. The first kappa shape index (κ1) is 13.7. The molecular formula is C17H16N2O. The number of amides is 1. The van der Waals surface area contributed by atoms with E-state index >= 15 is 0 Å². The lowest BCUT2D eigenvalue weighted by molar-refractivity contribution is 0.0955. The summed E-state index contributed by atoms with van der Waals surface area (Å²) in [6.45, 7) is 1.94. The monoisotopic (exact) mass is 264 g/mol. The Morgan fingerprint density at radius 2 is 1.60 bits per heavy atom. The summed E-state index contributed by atoms with van der Waals surface area (Å²) in [6, 6.07) is 19.0. The normalized spacial score (nSPS) is 11.6. The molecule has 3 nitrogen and oxygen atoms in total. The number of nitrogens with zero attached hydrogens (tertiary/aromatic N) is 1. The molecule has 0 aliphatic heterocycles. The van der Waals surface area contributed by atoms with Crippen molar-refractivity contribution in [3.8, 4) is 0 Å². The molecule has 0 spiro atoms. The lowest BCUT2D eigenvalue weighted by Crippen LogP contribution is -2.17. The van der Waals surface area contributed by atoms with E-state index in [1.807, 2.05) is 61.5 Å². The van der Waals surface area contributed by atoms with E-state index in [1.54, 1.807) is 18.3 Å². The van der Waals surface area contributed by atoms with Crippen LogP contribution in [0.1, 0.15) is 22.8 Å². The van der Waals surface area contributed by atoms with Crippen LogP contribution in [0.15, 0.2) is 71.3 Å². The van der Waals surface area contributed by atoms with Crippen molar-refractivity contribution in [2.75, 3.05) is 0 Å². The van der Waals surface area contributed by atoms with Gasteiger partial charge in [0.15, 0.2) is 0 Å². The minimum atomic E-state index is -0.214. The Balaban J connectivity index is 1.94. The molecule has 0 radical (unpaired) electrons. The number of carbonyl (C=O) groups excluding carboxylic acids is 1. The van der Waals surface area contributed by atoms with Gasteiger partial charge in [0.1, 0.15) is 0 Å². The van der Waals surface area contributed by atoms with E-state index in [2.05, 4.69) is 10.5 Å². The maximum absolute atomic E-state index is 11.7. The first-order valence-electron chi connectivity index (χ1n) is 6.37. The molecule has 0 atom stereocenters. The SMILES string of the molecule is CC(/C=N\NC(=O)c1ccccc1)=C/c1ccccc1. The number of rotatable bonds is 4. The lowest BCUT2D eigenvalue weighted by Gasteiger charge is -1.99. The minimum Gasteiger partial charge on any atom is -0.267 e. The van der Waals surface area contributed by atoms with Gasteiger partial charge in [-0.25, -0.2) is 5.43 Å². The molecule has 0 unspecified atom stereocenters. The molecule has 0 saturated carbocycles. The highest BCUT2D eigenvalue weighted by atomic mass is 16.2. The maximum Gasteiger partial charge on any atom is 0.271 e. The van der Waals surface area contributed by atoms with Gasteiger partial charge in [-0.3, -0.25) is 4.79 Å². The number of hydrogen-bond donors (Lipinski definition) is 1. The Morgan fingerprint density at radius 3 is 2.25 bits per heavy atom. The topological polar surface area (TPSA) is 41.5 Å². The van der Waals surface area contributed by atoms with Crippen LogP contribution in [0.25, 0.3) is 6.08 Å². The van der Waals surface area contributed by atoms with E-state index in [0.717, 1.165) is 11.1 Å². The van der Waals surface area contributed by atoms with Gasteiger partial charge in [0.05, 0.1) is 6.21 Å². The highest BCUT2D eigenvalue weighted by Gasteiger charge is 2.01. The van der Waals surface area contributed by atoms with Gasteiger partial charge >= 0.3 is 0 Å². The Morgan fingerprint density at radius 1 is 1.00 bits per heavy atom. The summed E-state index contributed by atoms with van der Waals surface area (Å²) in [5, 5.41) is 3.95. The summed E-state index contributed by atoms with van der Waals surface area (Å²) in [7, 11) is 0. The number of allylic oxidation sites excluding steroid dienone is 1. The van der Waals surface area contributed by atoms with Crippen LogP contribution in [0.3, 0.4) is 0 Å². The van der Waals surface area contributed by atoms with Crippen molar-refractivity contribution in [3.63, 3.8) is 0 Å². The smallest absolute Gasteiger partial charge is 0.267 e. The van der Waals surface area contributed by atoms with Crippen molar-refractivity contribution >= 4 is 18.2 Å². The molecule has 100 valence electrons. The van der Waals surface area contributed by atoms with E-state index in [-0.39, 0.29) is 5.91 Å². The largest absolute Gasteiger partial charge is 0.271 e. The maximum atomic E-state index is 11.7. The van der Waals surface area contributed by atoms with Crippen molar-refractivity contribution in [2.45, 2.75) is 6.92 Å². The molecule has 0 aromatic heterocycles. The zero-order chi connectivity index (χ0) is 14.2. The Kier molecular flexibility index (Phi) is 4.84. The van der Waals surface area contributed by atoms with Crippen LogP contribution in [-0.2, 0) is 0 Å². The number of benzene rings is 2. The van der Waals surface area contributed by atoms with Gasteiger partial charge in [0, 0.05) is 5.56 Å². The first-order valence-corrected chi connectivity index (χ1v) is 6.37. The molecule has 0 aliphatic rings. The average molecular weight is 264 g/mol. The molecular weight excluding hydrogens is 248 g/mol. The van der Waals surface area contributed by atoms with Crippen molar-refractivity contribution in [1.82, 2.24) is 5.43 Å². The van der Waals surface area contributed by atoms with Gasteiger partial charge in [-0.05, 0) is 30.2 Å². The summed E-state index contributed by atoms with van der Waals surface area (Å²) in [4.78, 5) is 11.7. The van der Waals surface area contributed by atoms with E-state index < -0.39 is 0 Å². The number of hydrazone groups is 1. The molecule has 0 heterocycles. The van der Waals surface area contributed by atoms with E-state index in [0.29, 0.717) is 5.56 Å². The fraction of sp³-hybridized carbons (Fsp3) is 0.0588. The molecule has 0 bridgehead atoms. The Hall–Kier alpha value is -2.68. The van der Waals surface area contributed by atoms with E-state index in [1.165, 1.54) is 0 Å². The van der Waals surface area contributed by atoms with Gasteiger partial charge in [0.2, 0.25) is 0 Å². The molecule has 0 saturated heterocycles. The molecule has 3 heteroatoms. The summed E-state index contributed by atoms with van der Waals surface area (Å²) < 4.78 is 0. The third kappa shape index (κ3) is 4.21. The molecule has 2 rings (SSSR count). The van der Waals surface area contributed by atoms with Crippen molar-refractivity contribution in [1.29, 1.82) is 0 Å². The summed E-state index contributed by atoms with van der Waals surface area (Å²) >= 11 is 0. The molecule has 0 aliphatic carbocycles.